The van der Waals surface area contributed by atoms with E-state index in [1.165, 1.54) is 173 Å². The summed E-state index contributed by atoms with van der Waals surface area (Å²) in [5.74, 6) is -0.0779. The summed E-state index contributed by atoms with van der Waals surface area (Å²) in [5, 5.41) is 0. The molecule has 0 saturated heterocycles. The van der Waals surface area contributed by atoms with Gasteiger partial charge in [0.2, 0.25) is 0 Å². The first-order valence-electron chi connectivity index (χ1n) is 17.4. The molecule has 0 aliphatic carbocycles. The van der Waals surface area contributed by atoms with Gasteiger partial charge in [0, 0.05) is 0 Å². The van der Waals surface area contributed by atoms with Gasteiger partial charge in [0.05, 0.1) is 5.75 Å². The largest absolute Gasteiger partial charge is 0.286 e. The average Bonchev–Trinajstić information content (AvgIpc) is 2.89. The van der Waals surface area contributed by atoms with Crippen molar-refractivity contribution in [1.82, 2.24) is 0 Å². The summed E-state index contributed by atoms with van der Waals surface area (Å²) in [4.78, 5) is 0. The third-order valence-electron chi connectivity index (χ3n) is 7.71. The third kappa shape index (κ3) is 43.0. The van der Waals surface area contributed by atoms with Crippen molar-refractivity contribution >= 4 is 10.1 Å². The predicted octanol–water partition coefficient (Wildman–Crippen LogP) is 12.6. The molecule has 0 amide bonds. The number of hydrogen-bond donors (Lipinski definition) is 1. The van der Waals surface area contributed by atoms with Gasteiger partial charge in [-0.2, -0.15) is 8.42 Å². The lowest BCUT2D eigenvalue weighted by atomic mass is 10.0. The van der Waals surface area contributed by atoms with Gasteiger partial charge < -0.3 is 0 Å². The number of rotatable bonds is 30. The topological polar surface area (TPSA) is 54.4 Å². The van der Waals surface area contributed by atoms with Gasteiger partial charge in [-0.25, -0.2) is 0 Å². The summed E-state index contributed by atoms with van der Waals surface area (Å²) < 4.78 is 29.7. The van der Waals surface area contributed by atoms with E-state index in [-0.39, 0.29) is 5.75 Å². The van der Waals surface area contributed by atoms with Crippen LogP contribution in [0.5, 0.6) is 0 Å². The first kappa shape index (κ1) is 40.1. The molecule has 0 aliphatic rings. The molecule has 0 rings (SSSR count). The maximum Gasteiger partial charge on any atom is 0.264 e. The molecule has 1 N–H and O–H groups in total. The van der Waals surface area contributed by atoms with E-state index in [9.17, 15) is 8.42 Å². The van der Waals surface area contributed by atoms with E-state index in [4.69, 9.17) is 4.55 Å². The Morgan fingerprint density at radius 2 is 0.474 bits per heavy atom. The van der Waals surface area contributed by atoms with Crippen LogP contribution in [0.4, 0.5) is 0 Å². The Morgan fingerprint density at radius 1 is 0.316 bits per heavy atom. The standard InChI is InChI=1S/C18H38O3S.C16H34/c1-2-3-4-5-6-7-8-9-10-11-12-13-14-15-16-17-18-22(19,20)21;1-3-5-7-9-11-13-15-16-14-12-10-8-6-4-2/h2-18H2,1H3,(H,19,20,21);3-16H2,1-2H3. The second-order valence-corrected chi connectivity index (χ2v) is 13.4. The van der Waals surface area contributed by atoms with Crippen LogP contribution in [0, 0.1) is 0 Å². The van der Waals surface area contributed by atoms with Crippen molar-refractivity contribution in [2.45, 2.75) is 213 Å². The average molecular weight is 561 g/mol. The van der Waals surface area contributed by atoms with Crippen molar-refractivity contribution in [3.8, 4) is 0 Å². The van der Waals surface area contributed by atoms with Crippen LogP contribution in [-0.4, -0.2) is 18.7 Å². The zero-order chi connectivity index (χ0) is 28.4. The fourth-order valence-corrected chi connectivity index (χ4v) is 5.67. The Hall–Kier alpha value is -0.0900. The minimum absolute atomic E-state index is 0.0779. The van der Waals surface area contributed by atoms with Crippen molar-refractivity contribution in [2.75, 3.05) is 5.75 Å². The molecule has 0 aliphatic heterocycles. The van der Waals surface area contributed by atoms with E-state index < -0.39 is 10.1 Å². The normalized spacial score (nSPS) is 11.5. The van der Waals surface area contributed by atoms with Gasteiger partial charge in [-0.05, 0) is 6.42 Å². The van der Waals surface area contributed by atoms with Crippen LogP contribution in [-0.2, 0) is 10.1 Å². The molecule has 3 nitrogen and oxygen atoms in total. The van der Waals surface area contributed by atoms with Gasteiger partial charge >= 0.3 is 0 Å². The molecule has 0 unspecified atom stereocenters. The van der Waals surface area contributed by atoms with Crippen LogP contribution in [0.15, 0.2) is 0 Å². The molecule has 0 aromatic rings. The molecule has 38 heavy (non-hydrogen) atoms. The fourth-order valence-electron chi connectivity index (χ4n) is 5.10. The maximum atomic E-state index is 10.5. The molecule has 232 valence electrons. The van der Waals surface area contributed by atoms with Crippen LogP contribution in [0.2, 0.25) is 0 Å². The Morgan fingerprint density at radius 3 is 0.632 bits per heavy atom. The maximum absolute atomic E-state index is 10.5. The Bertz CT molecular complexity index is 490. The molecule has 4 heteroatoms. The van der Waals surface area contributed by atoms with Crippen molar-refractivity contribution in [1.29, 1.82) is 0 Å². The van der Waals surface area contributed by atoms with Gasteiger partial charge in [0.15, 0.2) is 0 Å². The molecular formula is C34H72O3S. The second-order valence-electron chi connectivity index (χ2n) is 11.8. The van der Waals surface area contributed by atoms with E-state index in [1.54, 1.807) is 0 Å². The van der Waals surface area contributed by atoms with Crippen LogP contribution < -0.4 is 0 Å². The van der Waals surface area contributed by atoms with Crippen molar-refractivity contribution in [3.05, 3.63) is 0 Å². The molecule has 0 heterocycles. The van der Waals surface area contributed by atoms with Gasteiger partial charge in [-0.15, -0.1) is 0 Å². The Labute approximate surface area is 241 Å². The predicted molar refractivity (Wildman–Crippen MR) is 172 cm³/mol. The van der Waals surface area contributed by atoms with E-state index in [0.29, 0.717) is 6.42 Å². The van der Waals surface area contributed by atoms with E-state index in [0.717, 1.165) is 12.8 Å². The SMILES string of the molecule is CCCCCCCCCCCCCCCC.CCCCCCCCCCCCCCCCCCS(=O)(=O)O. The highest BCUT2D eigenvalue weighted by atomic mass is 32.2. The van der Waals surface area contributed by atoms with Crippen molar-refractivity contribution in [2.24, 2.45) is 0 Å². The number of unbranched alkanes of at least 4 members (excludes halogenated alkanes) is 28. The first-order valence-corrected chi connectivity index (χ1v) is 19.0. The summed E-state index contributed by atoms with van der Waals surface area (Å²) in [7, 11) is -3.74. The van der Waals surface area contributed by atoms with Crippen LogP contribution in [0.25, 0.3) is 0 Å². The highest BCUT2D eigenvalue weighted by Crippen LogP contribution is 2.14. The van der Waals surface area contributed by atoms with E-state index >= 15 is 0 Å². The van der Waals surface area contributed by atoms with Crippen LogP contribution >= 0.6 is 0 Å². The lowest BCUT2D eigenvalue weighted by Crippen LogP contribution is -2.03. The molecule has 0 bridgehead atoms. The lowest BCUT2D eigenvalue weighted by Gasteiger charge is -2.03. The lowest BCUT2D eigenvalue weighted by molar-refractivity contribution is 0.478. The molecule has 0 aromatic carbocycles. The third-order valence-corrected chi connectivity index (χ3v) is 8.52. The summed E-state index contributed by atoms with van der Waals surface area (Å²) in [5.41, 5.74) is 0. The Kier molecular flexibility index (Phi) is 36.8. The van der Waals surface area contributed by atoms with Gasteiger partial charge in [0.1, 0.15) is 0 Å². The summed E-state index contributed by atoms with van der Waals surface area (Å²) in [6.07, 6.45) is 40.7. The van der Waals surface area contributed by atoms with Crippen LogP contribution in [0.1, 0.15) is 213 Å². The highest BCUT2D eigenvalue weighted by molar-refractivity contribution is 7.85. The second kappa shape index (κ2) is 34.9. The van der Waals surface area contributed by atoms with Gasteiger partial charge in [-0.3, -0.25) is 4.55 Å². The molecule has 0 spiro atoms. The monoisotopic (exact) mass is 561 g/mol. The van der Waals surface area contributed by atoms with Gasteiger partial charge in [0.25, 0.3) is 10.1 Å². The zero-order valence-corrected chi connectivity index (χ0v) is 27.4. The molecule has 0 fully saturated rings. The van der Waals surface area contributed by atoms with E-state index in [2.05, 4.69) is 20.8 Å². The summed E-state index contributed by atoms with van der Waals surface area (Å²) in [6, 6.07) is 0. The molecule has 0 atom stereocenters. The molecule has 0 saturated carbocycles. The first-order chi connectivity index (χ1) is 18.5. The number of hydrogen-bond acceptors (Lipinski definition) is 2. The quantitative estimate of drug-likeness (QED) is 0.0702. The summed E-state index contributed by atoms with van der Waals surface area (Å²) >= 11 is 0. The van der Waals surface area contributed by atoms with Crippen molar-refractivity contribution in [3.63, 3.8) is 0 Å². The van der Waals surface area contributed by atoms with E-state index in [1.807, 2.05) is 0 Å². The Balaban J connectivity index is 0. The van der Waals surface area contributed by atoms with Gasteiger partial charge in [-0.1, -0.05) is 207 Å². The zero-order valence-electron chi connectivity index (χ0n) is 26.6. The summed E-state index contributed by atoms with van der Waals surface area (Å²) in [6.45, 7) is 6.84. The molecule has 0 aromatic heterocycles. The fraction of sp³-hybridized carbons (Fsp3) is 1.00. The smallest absolute Gasteiger partial charge is 0.264 e. The molecule has 0 radical (unpaired) electrons. The minimum Gasteiger partial charge on any atom is -0.286 e. The highest BCUT2D eigenvalue weighted by Gasteiger charge is 2.02. The minimum atomic E-state index is -3.74. The molecular weight excluding hydrogens is 488 g/mol. The van der Waals surface area contributed by atoms with Crippen LogP contribution in [0.3, 0.4) is 0 Å². The van der Waals surface area contributed by atoms with Crippen molar-refractivity contribution < 1.29 is 13.0 Å².